The smallest absolute Gasteiger partial charge is 0.250 e. The van der Waals surface area contributed by atoms with E-state index in [4.69, 9.17) is 14.5 Å². The Morgan fingerprint density at radius 2 is 1.47 bits per heavy atom. The van der Waals surface area contributed by atoms with Crippen LogP contribution >= 0.6 is 0 Å². The maximum absolute atomic E-state index is 5.45. The molecule has 1 aromatic carbocycles. The van der Waals surface area contributed by atoms with Crippen molar-refractivity contribution in [1.29, 1.82) is 0 Å². The van der Waals surface area contributed by atoms with E-state index in [1.54, 1.807) is 6.21 Å². The van der Waals surface area contributed by atoms with Gasteiger partial charge in [0, 0.05) is 26.2 Å². The molecular formula is C21H27N7O2. The number of allylic oxidation sites excluding steroid dienone is 1. The highest BCUT2D eigenvalue weighted by atomic mass is 16.5. The van der Waals surface area contributed by atoms with E-state index < -0.39 is 0 Å². The molecule has 0 saturated carbocycles. The number of aromatic nitrogens is 3. The molecule has 9 heteroatoms. The Balaban J connectivity index is 1.51. The van der Waals surface area contributed by atoms with Gasteiger partial charge in [0.05, 0.1) is 32.6 Å². The minimum atomic E-state index is 0.428. The topological polar surface area (TPSA) is 88.0 Å². The van der Waals surface area contributed by atoms with Gasteiger partial charge in [-0.05, 0) is 18.1 Å². The third-order valence-corrected chi connectivity index (χ3v) is 4.83. The van der Waals surface area contributed by atoms with E-state index in [9.17, 15) is 0 Å². The minimum Gasteiger partial charge on any atom is -0.378 e. The van der Waals surface area contributed by atoms with Crippen LogP contribution in [0.25, 0.3) is 6.08 Å². The fourth-order valence-corrected chi connectivity index (χ4v) is 3.25. The normalized spacial score (nSPS) is 18.1. The van der Waals surface area contributed by atoms with E-state index in [0.717, 1.165) is 37.3 Å². The Hall–Kier alpha value is -3.04. The summed E-state index contributed by atoms with van der Waals surface area (Å²) in [5.41, 5.74) is 5.12. The maximum atomic E-state index is 5.45. The van der Waals surface area contributed by atoms with Gasteiger partial charge in [-0.25, -0.2) is 5.43 Å². The molecule has 2 aliphatic heterocycles. The molecule has 4 rings (SSSR count). The number of ether oxygens (including phenoxy) is 2. The summed E-state index contributed by atoms with van der Waals surface area (Å²) < 4.78 is 10.9. The van der Waals surface area contributed by atoms with Crippen molar-refractivity contribution in [2.75, 3.05) is 67.8 Å². The van der Waals surface area contributed by atoms with Gasteiger partial charge in [-0.15, -0.1) is 0 Å². The number of hydrogen-bond acceptors (Lipinski definition) is 9. The third kappa shape index (κ3) is 5.52. The standard InChI is InChI=1S/C21H27N7O2/c1-17(15-18-5-3-2-4-6-18)16-22-26-19-23-20(27-7-11-29-12-8-27)25-21(24-19)28-9-13-30-14-10-28/h2-6,15-16H,7-14H2,1H3,(H,23,24,25,26)/b17-15+,22-16-. The first kappa shape index (κ1) is 20.2. The van der Waals surface area contributed by atoms with Gasteiger partial charge in [0.25, 0.3) is 0 Å². The lowest BCUT2D eigenvalue weighted by Crippen LogP contribution is -2.40. The molecule has 2 aliphatic rings. The molecule has 30 heavy (non-hydrogen) atoms. The summed E-state index contributed by atoms with van der Waals surface area (Å²) in [6, 6.07) is 10.1. The second-order valence-electron chi connectivity index (χ2n) is 7.13. The lowest BCUT2D eigenvalue weighted by Gasteiger charge is -2.30. The molecular weight excluding hydrogens is 382 g/mol. The fourth-order valence-electron chi connectivity index (χ4n) is 3.25. The van der Waals surface area contributed by atoms with Crippen molar-refractivity contribution in [3.8, 4) is 0 Å². The first-order chi connectivity index (χ1) is 14.8. The van der Waals surface area contributed by atoms with Crippen LogP contribution < -0.4 is 15.2 Å². The molecule has 9 nitrogen and oxygen atoms in total. The fraction of sp³-hybridized carbons (Fsp3) is 0.429. The predicted molar refractivity (Wildman–Crippen MR) is 118 cm³/mol. The molecule has 0 atom stereocenters. The van der Waals surface area contributed by atoms with Crippen LogP contribution in [0, 0.1) is 0 Å². The van der Waals surface area contributed by atoms with Gasteiger partial charge < -0.3 is 19.3 Å². The van der Waals surface area contributed by atoms with Crippen LogP contribution in [0.4, 0.5) is 17.8 Å². The highest BCUT2D eigenvalue weighted by molar-refractivity contribution is 5.85. The monoisotopic (exact) mass is 409 g/mol. The lowest BCUT2D eigenvalue weighted by molar-refractivity contribution is 0.121. The molecule has 1 aromatic heterocycles. The van der Waals surface area contributed by atoms with E-state index >= 15 is 0 Å². The van der Waals surface area contributed by atoms with Gasteiger partial charge in [-0.3, -0.25) is 0 Å². The van der Waals surface area contributed by atoms with Gasteiger partial charge in [-0.1, -0.05) is 36.4 Å². The van der Waals surface area contributed by atoms with Crippen molar-refractivity contribution in [2.24, 2.45) is 5.10 Å². The zero-order chi connectivity index (χ0) is 20.6. The number of nitrogens with one attached hydrogen (secondary N) is 1. The highest BCUT2D eigenvalue weighted by Crippen LogP contribution is 2.18. The second-order valence-corrected chi connectivity index (χ2v) is 7.13. The lowest BCUT2D eigenvalue weighted by atomic mass is 10.1. The molecule has 158 valence electrons. The summed E-state index contributed by atoms with van der Waals surface area (Å²) in [4.78, 5) is 18.1. The van der Waals surface area contributed by atoms with E-state index in [0.29, 0.717) is 44.3 Å². The van der Waals surface area contributed by atoms with Crippen molar-refractivity contribution in [3.63, 3.8) is 0 Å². The van der Waals surface area contributed by atoms with Crippen molar-refractivity contribution in [3.05, 3.63) is 41.5 Å². The Morgan fingerprint density at radius 3 is 2.03 bits per heavy atom. The minimum absolute atomic E-state index is 0.428. The van der Waals surface area contributed by atoms with Gasteiger partial charge in [0.2, 0.25) is 17.8 Å². The van der Waals surface area contributed by atoms with E-state index in [1.807, 2.05) is 25.1 Å². The molecule has 3 heterocycles. The van der Waals surface area contributed by atoms with Gasteiger partial charge >= 0.3 is 0 Å². The van der Waals surface area contributed by atoms with Crippen LogP contribution in [-0.2, 0) is 9.47 Å². The summed E-state index contributed by atoms with van der Waals surface area (Å²) in [6.07, 6.45) is 3.83. The summed E-state index contributed by atoms with van der Waals surface area (Å²) in [7, 11) is 0. The quantitative estimate of drug-likeness (QED) is 0.573. The average molecular weight is 409 g/mol. The van der Waals surface area contributed by atoms with Crippen molar-refractivity contribution in [1.82, 2.24) is 15.0 Å². The first-order valence-corrected chi connectivity index (χ1v) is 10.2. The average Bonchev–Trinajstić information content (AvgIpc) is 2.81. The number of nitrogens with zero attached hydrogens (tertiary/aromatic N) is 6. The van der Waals surface area contributed by atoms with E-state index in [1.165, 1.54) is 0 Å². The SMILES string of the molecule is CC(/C=N\Nc1nc(N2CCOCC2)nc(N2CCOCC2)n1)=C\c1ccccc1. The molecule has 2 fully saturated rings. The number of hydrogen-bond donors (Lipinski definition) is 1. The zero-order valence-electron chi connectivity index (χ0n) is 17.2. The Bertz CT molecular complexity index is 840. The largest absolute Gasteiger partial charge is 0.378 e. The molecule has 0 spiro atoms. The molecule has 0 radical (unpaired) electrons. The maximum Gasteiger partial charge on any atom is 0.250 e. The van der Waals surface area contributed by atoms with Gasteiger partial charge in [0.1, 0.15) is 0 Å². The Morgan fingerprint density at radius 1 is 0.900 bits per heavy atom. The number of benzene rings is 1. The first-order valence-electron chi connectivity index (χ1n) is 10.2. The number of anilines is 3. The van der Waals surface area contributed by atoms with Gasteiger partial charge in [-0.2, -0.15) is 20.1 Å². The Kier molecular flexibility index (Phi) is 6.83. The summed E-state index contributed by atoms with van der Waals surface area (Å²) in [5.74, 6) is 1.71. The molecule has 0 amide bonds. The summed E-state index contributed by atoms with van der Waals surface area (Å²) in [6.45, 7) is 7.71. The zero-order valence-corrected chi connectivity index (χ0v) is 17.2. The second kappa shape index (κ2) is 10.1. The molecule has 2 saturated heterocycles. The number of hydrazone groups is 1. The third-order valence-electron chi connectivity index (χ3n) is 4.83. The van der Waals surface area contributed by atoms with E-state index in [-0.39, 0.29) is 0 Å². The van der Waals surface area contributed by atoms with Crippen molar-refractivity contribution < 1.29 is 9.47 Å². The molecule has 2 aromatic rings. The van der Waals surface area contributed by atoms with Crippen LogP contribution in [-0.4, -0.2) is 73.8 Å². The van der Waals surface area contributed by atoms with Crippen molar-refractivity contribution in [2.45, 2.75) is 6.92 Å². The summed E-state index contributed by atoms with van der Waals surface area (Å²) in [5, 5.41) is 4.33. The molecule has 1 N–H and O–H groups in total. The van der Waals surface area contributed by atoms with Crippen molar-refractivity contribution >= 4 is 30.1 Å². The van der Waals surface area contributed by atoms with Crippen LogP contribution in [0.3, 0.4) is 0 Å². The van der Waals surface area contributed by atoms with E-state index in [2.05, 4.69) is 48.5 Å². The molecule has 0 unspecified atom stereocenters. The van der Waals surface area contributed by atoms with Crippen LogP contribution in [0.5, 0.6) is 0 Å². The highest BCUT2D eigenvalue weighted by Gasteiger charge is 2.20. The Labute approximate surface area is 176 Å². The van der Waals surface area contributed by atoms with Gasteiger partial charge in [0.15, 0.2) is 0 Å². The summed E-state index contributed by atoms with van der Waals surface area (Å²) >= 11 is 0. The molecule has 0 aliphatic carbocycles. The van der Waals surface area contributed by atoms with Crippen LogP contribution in [0.15, 0.2) is 41.0 Å². The number of rotatable bonds is 6. The number of morpholine rings is 2. The molecule has 0 bridgehead atoms. The van der Waals surface area contributed by atoms with Crippen LogP contribution in [0.1, 0.15) is 12.5 Å². The van der Waals surface area contributed by atoms with Crippen LogP contribution in [0.2, 0.25) is 0 Å². The predicted octanol–water partition coefficient (Wildman–Crippen LogP) is 2.05.